The number of aromatic nitrogens is 5. The summed E-state index contributed by atoms with van der Waals surface area (Å²) in [6, 6.07) is 7.01. The largest absolute Gasteiger partial charge is 0.491 e. The van der Waals surface area contributed by atoms with Crippen LogP contribution in [0.4, 0.5) is 19.0 Å². The summed E-state index contributed by atoms with van der Waals surface area (Å²) in [6.07, 6.45) is 2.13. The van der Waals surface area contributed by atoms with Crippen molar-refractivity contribution in [2.24, 2.45) is 0 Å². The average Bonchev–Trinajstić information content (AvgIpc) is 3.40. The Labute approximate surface area is 169 Å². The fourth-order valence-electron chi connectivity index (χ4n) is 3.86. The number of fused-ring (bicyclic) bond motifs is 2. The molecule has 7 nitrogen and oxygen atoms in total. The Hall–Kier alpha value is -3.43. The molecule has 0 bridgehead atoms. The van der Waals surface area contributed by atoms with Gasteiger partial charge in [0.2, 0.25) is 0 Å². The number of benzene rings is 1. The molecule has 0 unspecified atom stereocenters. The van der Waals surface area contributed by atoms with E-state index in [1.807, 2.05) is 6.07 Å². The van der Waals surface area contributed by atoms with E-state index < -0.39 is 11.7 Å². The van der Waals surface area contributed by atoms with E-state index in [1.165, 1.54) is 12.4 Å². The number of rotatable bonds is 4. The van der Waals surface area contributed by atoms with Crippen LogP contribution < -0.4 is 9.64 Å². The van der Waals surface area contributed by atoms with Crippen molar-refractivity contribution in [3.8, 4) is 5.75 Å². The number of halogens is 3. The third kappa shape index (κ3) is 3.27. The third-order valence-corrected chi connectivity index (χ3v) is 5.29. The Kier molecular flexibility index (Phi) is 4.41. The summed E-state index contributed by atoms with van der Waals surface area (Å²) < 4.78 is 47.1. The highest BCUT2D eigenvalue weighted by atomic mass is 19.4. The smallest absolute Gasteiger partial charge is 0.416 e. The van der Waals surface area contributed by atoms with Crippen LogP contribution in [0.5, 0.6) is 5.75 Å². The first-order chi connectivity index (χ1) is 14.5. The van der Waals surface area contributed by atoms with Crippen LogP contribution in [0.3, 0.4) is 0 Å². The number of ether oxygens (including phenoxy) is 1. The van der Waals surface area contributed by atoms with Gasteiger partial charge in [0, 0.05) is 24.3 Å². The zero-order chi connectivity index (χ0) is 20.7. The van der Waals surface area contributed by atoms with Crippen LogP contribution in [0.15, 0.2) is 49.1 Å². The summed E-state index contributed by atoms with van der Waals surface area (Å²) in [5, 5.41) is 4.58. The third-order valence-electron chi connectivity index (χ3n) is 5.29. The second-order valence-electron chi connectivity index (χ2n) is 7.11. The van der Waals surface area contributed by atoms with Crippen molar-refractivity contribution < 1.29 is 17.9 Å². The van der Waals surface area contributed by atoms with Crippen molar-refractivity contribution >= 4 is 22.5 Å². The minimum absolute atomic E-state index is 0.0498. The van der Waals surface area contributed by atoms with Crippen molar-refractivity contribution in [3.63, 3.8) is 0 Å². The number of pyridine rings is 1. The summed E-state index contributed by atoms with van der Waals surface area (Å²) in [5.41, 5.74) is -0.261. The minimum atomic E-state index is -4.42. The van der Waals surface area contributed by atoms with E-state index in [1.54, 1.807) is 23.0 Å². The fourth-order valence-corrected chi connectivity index (χ4v) is 3.86. The van der Waals surface area contributed by atoms with E-state index in [2.05, 4.69) is 25.0 Å². The van der Waals surface area contributed by atoms with Crippen molar-refractivity contribution in [1.29, 1.82) is 0 Å². The van der Waals surface area contributed by atoms with Crippen LogP contribution >= 0.6 is 0 Å². The van der Waals surface area contributed by atoms with Crippen LogP contribution in [0.2, 0.25) is 0 Å². The molecule has 1 atom stereocenters. The van der Waals surface area contributed by atoms with E-state index in [0.717, 1.165) is 37.3 Å². The molecule has 3 aromatic heterocycles. The molecule has 1 aliphatic rings. The Bertz CT molecular complexity index is 1210. The molecule has 4 heterocycles. The first-order valence-corrected chi connectivity index (χ1v) is 9.51. The molecule has 0 N–H and O–H groups in total. The maximum atomic E-state index is 13.1. The van der Waals surface area contributed by atoms with Gasteiger partial charge >= 0.3 is 6.18 Å². The number of alkyl halides is 3. The first kappa shape index (κ1) is 18.6. The zero-order valence-corrected chi connectivity index (χ0v) is 15.8. The molecule has 0 aliphatic carbocycles. The van der Waals surface area contributed by atoms with E-state index >= 15 is 0 Å². The molecule has 1 fully saturated rings. The van der Waals surface area contributed by atoms with Gasteiger partial charge in [-0.05, 0) is 43.2 Å². The summed E-state index contributed by atoms with van der Waals surface area (Å²) in [6.45, 7) is 1.15. The van der Waals surface area contributed by atoms with Crippen molar-refractivity contribution in [2.45, 2.75) is 25.1 Å². The molecule has 1 aromatic carbocycles. The lowest BCUT2D eigenvalue weighted by Gasteiger charge is -2.26. The lowest BCUT2D eigenvalue weighted by Crippen LogP contribution is -2.35. The van der Waals surface area contributed by atoms with E-state index in [4.69, 9.17) is 4.74 Å². The van der Waals surface area contributed by atoms with E-state index in [0.29, 0.717) is 29.0 Å². The van der Waals surface area contributed by atoms with Gasteiger partial charge in [-0.2, -0.15) is 27.8 Å². The molecule has 30 heavy (non-hydrogen) atoms. The molecular weight excluding hydrogens is 397 g/mol. The second-order valence-corrected chi connectivity index (χ2v) is 7.11. The van der Waals surface area contributed by atoms with Gasteiger partial charge in [0.05, 0.1) is 17.1 Å². The number of hydrogen-bond donors (Lipinski definition) is 0. The monoisotopic (exact) mass is 414 g/mol. The molecule has 0 radical (unpaired) electrons. The first-order valence-electron chi connectivity index (χ1n) is 9.51. The Morgan fingerprint density at radius 3 is 2.80 bits per heavy atom. The topological polar surface area (TPSA) is 68.4 Å². The number of nitrogens with zero attached hydrogens (tertiary/aromatic N) is 6. The van der Waals surface area contributed by atoms with Gasteiger partial charge in [-0.25, -0.2) is 4.98 Å². The Morgan fingerprint density at radius 2 is 1.93 bits per heavy atom. The number of hydrogen-bond acceptors (Lipinski definition) is 6. The van der Waals surface area contributed by atoms with Crippen molar-refractivity contribution in [1.82, 2.24) is 24.6 Å². The van der Waals surface area contributed by atoms with E-state index in [-0.39, 0.29) is 6.04 Å². The highest BCUT2D eigenvalue weighted by Crippen LogP contribution is 2.34. The maximum Gasteiger partial charge on any atom is 0.416 e. The highest BCUT2D eigenvalue weighted by Gasteiger charge is 2.31. The van der Waals surface area contributed by atoms with Crippen LogP contribution in [0.25, 0.3) is 16.7 Å². The normalized spacial score (nSPS) is 17.2. The summed E-state index contributed by atoms with van der Waals surface area (Å²) in [7, 11) is 0. The molecule has 5 rings (SSSR count). The fraction of sp³-hybridized carbons (Fsp3) is 0.300. The highest BCUT2D eigenvalue weighted by molar-refractivity contribution is 5.85. The molecule has 0 saturated carbocycles. The molecule has 154 valence electrons. The van der Waals surface area contributed by atoms with Gasteiger partial charge in [0.15, 0.2) is 0 Å². The van der Waals surface area contributed by atoms with Crippen LogP contribution in [0.1, 0.15) is 18.4 Å². The van der Waals surface area contributed by atoms with Gasteiger partial charge in [0.25, 0.3) is 5.78 Å². The SMILES string of the molecule is FC(F)(F)c1ccc2nccc(OC[C@H]3CCCN3c3ccnc4ncnn34)c2c1. The molecule has 1 aliphatic heterocycles. The molecule has 4 aromatic rings. The van der Waals surface area contributed by atoms with Gasteiger partial charge in [0.1, 0.15) is 24.5 Å². The molecular formula is C20H17F3N6O. The molecule has 1 saturated heterocycles. The standard InChI is InChI=1S/C20H17F3N6O/c21-20(22,23)13-3-4-16-15(10-13)17(5-7-24-16)30-11-14-2-1-9-28(14)18-6-8-25-19-26-12-27-29(18)19/h3-8,10,12,14H,1-2,9,11H2/t14-/m1/s1. The quantitative estimate of drug-likeness (QED) is 0.507. The van der Waals surface area contributed by atoms with Crippen molar-refractivity contribution in [2.75, 3.05) is 18.1 Å². The van der Waals surface area contributed by atoms with Crippen LogP contribution in [-0.4, -0.2) is 43.8 Å². The second kappa shape index (κ2) is 7.12. The zero-order valence-electron chi connectivity index (χ0n) is 15.8. The summed E-state index contributed by atoms with van der Waals surface area (Å²) in [5.74, 6) is 1.76. The number of anilines is 1. The summed E-state index contributed by atoms with van der Waals surface area (Å²) >= 11 is 0. The Balaban J connectivity index is 1.41. The average molecular weight is 414 g/mol. The van der Waals surface area contributed by atoms with Crippen LogP contribution in [-0.2, 0) is 6.18 Å². The predicted molar refractivity (Wildman–Crippen MR) is 103 cm³/mol. The summed E-state index contributed by atoms with van der Waals surface area (Å²) in [4.78, 5) is 14.6. The predicted octanol–water partition coefficient (Wildman–Crippen LogP) is 3.74. The molecule has 10 heteroatoms. The van der Waals surface area contributed by atoms with E-state index in [9.17, 15) is 13.2 Å². The van der Waals surface area contributed by atoms with Gasteiger partial charge < -0.3 is 9.64 Å². The van der Waals surface area contributed by atoms with Crippen molar-refractivity contribution in [3.05, 3.63) is 54.6 Å². The Morgan fingerprint density at radius 1 is 1.07 bits per heavy atom. The minimum Gasteiger partial charge on any atom is -0.491 e. The molecule has 0 spiro atoms. The lowest BCUT2D eigenvalue weighted by molar-refractivity contribution is -0.137. The lowest BCUT2D eigenvalue weighted by atomic mass is 10.1. The van der Waals surface area contributed by atoms with Gasteiger partial charge in [-0.3, -0.25) is 4.98 Å². The van der Waals surface area contributed by atoms with Crippen LogP contribution in [0, 0.1) is 0 Å². The maximum absolute atomic E-state index is 13.1. The molecule has 0 amide bonds. The van der Waals surface area contributed by atoms with Gasteiger partial charge in [-0.1, -0.05) is 0 Å². The van der Waals surface area contributed by atoms with Gasteiger partial charge in [-0.15, -0.1) is 0 Å².